The maximum Gasteiger partial charge on any atom is 0.241 e. The van der Waals surface area contributed by atoms with E-state index in [1.807, 2.05) is 35.4 Å². The van der Waals surface area contributed by atoms with Gasteiger partial charge in [-0.2, -0.15) is 5.10 Å². The van der Waals surface area contributed by atoms with Gasteiger partial charge in [-0.25, -0.2) is 4.39 Å². The van der Waals surface area contributed by atoms with Gasteiger partial charge in [0.05, 0.1) is 13.7 Å². The Balaban J connectivity index is 1.47. The molecule has 3 aliphatic rings. The average Bonchev–Trinajstić information content (AvgIpc) is 3.76. The van der Waals surface area contributed by atoms with Crippen molar-refractivity contribution in [1.29, 1.82) is 0 Å². The lowest BCUT2D eigenvalue weighted by Crippen LogP contribution is -2.48. The lowest BCUT2D eigenvalue weighted by Gasteiger charge is -2.35. The number of anilines is 1. The minimum absolute atomic E-state index is 0.0393. The van der Waals surface area contributed by atoms with Crippen molar-refractivity contribution >= 4 is 17.8 Å². The quantitative estimate of drug-likeness (QED) is 0.217. The van der Waals surface area contributed by atoms with Crippen LogP contribution in [0.1, 0.15) is 69.9 Å². The maximum atomic E-state index is 14.5. The number of aryl methyl sites for hydroxylation is 1. The Kier molecular flexibility index (Phi) is 10.7. The number of carbonyl (C=O) groups excluding carboxylic acids is 1. The van der Waals surface area contributed by atoms with Crippen LogP contribution in [-0.4, -0.2) is 74.2 Å². The molecule has 0 aliphatic carbocycles. The predicted molar refractivity (Wildman–Crippen MR) is 177 cm³/mol. The summed E-state index contributed by atoms with van der Waals surface area (Å²) in [4.78, 5) is 18.8. The van der Waals surface area contributed by atoms with Crippen molar-refractivity contribution in [3.8, 4) is 17.2 Å². The fourth-order valence-electron chi connectivity index (χ4n) is 7.31. The van der Waals surface area contributed by atoms with Crippen molar-refractivity contribution in [2.45, 2.75) is 77.8 Å². The summed E-state index contributed by atoms with van der Waals surface area (Å²) in [6.07, 6.45) is 8.59. The van der Waals surface area contributed by atoms with Crippen molar-refractivity contribution in [2.24, 2.45) is 16.9 Å². The number of methoxy groups -OCH3 is 1. The van der Waals surface area contributed by atoms with Crippen molar-refractivity contribution < 1.29 is 23.4 Å². The molecule has 5 rings (SSSR count). The van der Waals surface area contributed by atoms with Gasteiger partial charge in [-0.1, -0.05) is 39.7 Å². The maximum absolute atomic E-state index is 14.5. The summed E-state index contributed by atoms with van der Waals surface area (Å²) in [7, 11) is 1.64. The highest BCUT2D eigenvalue weighted by Crippen LogP contribution is 2.47. The lowest BCUT2D eigenvalue weighted by molar-refractivity contribution is -0.120. The van der Waals surface area contributed by atoms with Gasteiger partial charge in [0.1, 0.15) is 5.82 Å². The van der Waals surface area contributed by atoms with Crippen LogP contribution in [0.5, 0.6) is 17.2 Å². The molecular formula is C36H49FN4O4. The Hall–Kier alpha value is -3.59. The zero-order valence-corrected chi connectivity index (χ0v) is 27.5. The van der Waals surface area contributed by atoms with Gasteiger partial charge in [0.2, 0.25) is 18.4 Å². The lowest BCUT2D eigenvalue weighted by atomic mass is 9.84. The highest BCUT2D eigenvalue weighted by molar-refractivity contribution is 5.95. The monoisotopic (exact) mass is 620 g/mol. The fraction of sp³-hybridized carbons (Fsp3) is 0.556. The molecule has 1 unspecified atom stereocenters. The summed E-state index contributed by atoms with van der Waals surface area (Å²) in [5.74, 6) is 2.33. The van der Waals surface area contributed by atoms with Crippen molar-refractivity contribution in [3.63, 3.8) is 0 Å². The average molecular weight is 621 g/mol. The number of benzene rings is 2. The van der Waals surface area contributed by atoms with Gasteiger partial charge < -0.3 is 19.1 Å². The topological polar surface area (TPSA) is 66.8 Å². The third-order valence-corrected chi connectivity index (χ3v) is 9.49. The van der Waals surface area contributed by atoms with E-state index in [0.29, 0.717) is 35.3 Å². The number of nitrogens with zero attached hydrogens (tertiary/aromatic N) is 4. The van der Waals surface area contributed by atoms with Gasteiger partial charge in [-0.3, -0.25) is 14.7 Å². The van der Waals surface area contributed by atoms with Crippen LogP contribution in [0.2, 0.25) is 0 Å². The third kappa shape index (κ3) is 7.13. The number of hydrogen-bond donors (Lipinski definition) is 0. The highest BCUT2D eigenvalue weighted by atomic mass is 19.1. The molecule has 1 amide bonds. The van der Waals surface area contributed by atoms with Gasteiger partial charge in [0, 0.05) is 61.4 Å². The molecule has 4 atom stereocenters. The Morgan fingerprint density at radius 3 is 2.62 bits per heavy atom. The number of rotatable bonds is 14. The fourth-order valence-corrected chi connectivity index (χ4v) is 7.31. The number of likely N-dealkylation sites (tertiary alicyclic amines) is 1. The number of ether oxygens (including phenoxy) is 3. The first-order valence-corrected chi connectivity index (χ1v) is 16.5. The molecule has 2 aromatic carbocycles. The van der Waals surface area contributed by atoms with E-state index in [2.05, 4.69) is 42.4 Å². The van der Waals surface area contributed by atoms with Gasteiger partial charge in [-0.15, -0.1) is 6.58 Å². The van der Waals surface area contributed by atoms with E-state index in [9.17, 15) is 9.18 Å². The van der Waals surface area contributed by atoms with Gasteiger partial charge in [0.15, 0.2) is 11.5 Å². The molecule has 0 spiro atoms. The van der Waals surface area contributed by atoms with E-state index in [4.69, 9.17) is 14.2 Å². The SMILES string of the molecule is C=C[C@@H]1[C@@H](c2cc(OC)c3c(c2)OCO3)CN(CC(=O)N(c2ccc(F)c(C)c2)C(CCC)CCC)[C@H]1CCN1CC(C)C=N1. The summed E-state index contributed by atoms with van der Waals surface area (Å²) in [5.41, 5.74) is 2.38. The highest BCUT2D eigenvalue weighted by Gasteiger charge is 2.43. The Morgan fingerprint density at radius 1 is 1.20 bits per heavy atom. The van der Waals surface area contributed by atoms with Gasteiger partial charge >= 0.3 is 0 Å². The van der Waals surface area contributed by atoms with Crippen LogP contribution < -0.4 is 19.1 Å². The minimum Gasteiger partial charge on any atom is -0.493 e. The molecule has 0 N–H and O–H groups in total. The van der Waals surface area contributed by atoms with Crippen LogP contribution in [0.4, 0.5) is 10.1 Å². The molecule has 0 saturated carbocycles. The Morgan fingerprint density at radius 2 is 1.98 bits per heavy atom. The Labute approximate surface area is 267 Å². The van der Waals surface area contributed by atoms with E-state index >= 15 is 0 Å². The third-order valence-electron chi connectivity index (χ3n) is 9.49. The van der Waals surface area contributed by atoms with E-state index < -0.39 is 0 Å². The van der Waals surface area contributed by atoms with E-state index in [1.54, 1.807) is 20.1 Å². The molecule has 9 heteroatoms. The van der Waals surface area contributed by atoms with Crippen molar-refractivity contribution in [2.75, 3.05) is 45.0 Å². The number of hydrazone groups is 1. The molecule has 45 heavy (non-hydrogen) atoms. The first-order chi connectivity index (χ1) is 21.8. The van der Waals surface area contributed by atoms with Crippen molar-refractivity contribution in [1.82, 2.24) is 9.91 Å². The molecule has 8 nitrogen and oxygen atoms in total. The normalized spacial score (nSPS) is 22.4. The summed E-state index contributed by atoms with van der Waals surface area (Å²) >= 11 is 0. The van der Waals surface area contributed by atoms with Gasteiger partial charge in [0.25, 0.3) is 0 Å². The number of amides is 1. The summed E-state index contributed by atoms with van der Waals surface area (Å²) in [5, 5.41) is 6.75. The minimum atomic E-state index is -0.261. The number of carbonyl (C=O) groups is 1. The van der Waals surface area contributed by atoms with Crippen LogP contribution >= 0.6 is 0 Å². The molecule has 0 aromatic heterocycles. The number of halogens is 1. The second-order valence-corrected chi connectivity index (χ2v) is 12.7. The molecule has 3 heterocycles. The zero-order chi connectivity index (χ0) is 32.1. The van der Waals surface area contributed by atoms with E-state index in [1.165, 1.54) is 6.07 Å². The van der Waals surface area contributed by atoms with Crippen molar-refractivity contribution in [3.05, 3.63) is 59.9 Å². The summed E-state index contributed by atoms with van der Waals surface area (Å²) < 4.78 is 31.5. The van der Waals surface area contributed by atoms with E-state index in [-0.39, 0.29) is 49.0 Å². The predicted octanol–water partition coefficient (Wildman–Crippen LogP) is 6.77. The van der Waals surface area contributed by atoms with Crippen LogP contribution in [0, 0.1) is 24.6 Å². The standard InChI is InChI=1S/C36H49FN4O4/c1-7-10-27(11-8-2)41(28-12-13-31(37)25(5)16-28)35(42)22-39-21-30(26-17-33(43-6)36-34(18-26)44-23-45-36)29(9-3)32(39)14-15-40-20-24(4)19-38-40/h9,12-13,16-19,24,27,29-30,32H,3,7-8,10-11,14-15,20-23H2,1-2,4-6H3/t24?,29-,30-,32+/m1/s1. The molecule has 0 bridgehead atoms. The smallest absolute Gasteiger partial charge is 0.241 e. The second kappa shape index (κ2) is 14.7. The van der Waals surface area contributed by atoms with Crippen LogP contribution in [0.25, 0.3) is 0 Å². The van der Waals surface area contributed by atoms with Gasteiger partial charge in [-0.05, 0) is 67.6 Å². The molecular weight excluding hydrogens is 571 g/mol. The molecule has 2 aromatic rings. The first kappa shape index (κ1) is 32.8. The molecule has 3 aliphatic heterocycles. The number of fused-ring (bicyclic) bond motifs is 1. The van der Waals surface area contributed by atoms with Crippen LogP contribution in [-0.2, 0) is 4.79 Å². The molecule has 244 valence electrons. The second-order valence-electron chi connectivity index (χ2n) is 12.7. The van der Waals surface area contributed by atoms with E-state index in [0.717, 1.165) is 56.4 Å². The molecule has 1 saturated heterocycles. The van der Waals surface area contributed by atoms with Crippen LogP contribution in [0.15, 0.2) is 48.1 Å². The first-order valence-electron chi connectivity index (χ1n) is 16.5. The number of hydrogen-bond acceptors (Lipinski definition) is 7. The van der Waals surface area contributed by atoms with Crippen LogP contribution in [0.3, 0.4) is 0 Å². The molecule has 1 fully saturated rings. The zero-order valence-electron chi connectivity index (χ0n) is 27.5. The Bertz CT molecular complexity index is 1380. The largest absolute Gasteiger partial charge is 0.493 e. The summed E-state index contributed by atoms with van der Waals surface area (Å²) in [6.45, 7) is 15.3. The molecule has 0 radical (unpaired) electrons. The summed E-state index contributed by atoms with van der Waals surface area (Å²) in [6, 6.07) is 9.25.